The fourth-order valence-corrected chi connectivity index (χ4v) is 2.90. The molecule has 1 aromatic heterocycles. The first-order valence-electron chi connectivity index (χ1n) is 8.00. The first kappa shape index (κ1) is 14.6. The Morgan fingerprint density at radius 3 is 2.45 bits per heavy atom. The lowest BCUT2D eigenvalue weighted by Gasteiger charge is -2.09. The molecule has 0 spiro atoms. The first-order valence-corrected chi connectivity index (χ1v) is 8.00. The molecule has 0 fully saturated rings. The number of carbonyl (C=O) groups is 1. The number of aryl methyl sites for hydroxylation is 1. The molecule has 0 N–H and O–H groups in total. The van der Waals surface area contributed by atoms with Crippen LogP contribution < -0.4 is 0 Å². The van der Waals surface area contributed by atoms with Crippen molar-refractivity contribution in [1.29, 1.82) is 0 Å². The summed E-state index contributed by atoms with van der Waals surface area (Å²) in [6.45, 7) is 2.20. The van der Waals surface area contributed by atoms with Crippen LogP contribution in [0.15, 0.2) is 60.7 Å². The number of nitrogens with zero attached hydrogens (tertiary/aromatic N) is 1. The zero-order valence-corrected chi connectivity index (χ0v) is 13.0. The van der Waals surface area contributed by atoms with Crippen molar-refractivity contribution in [1.82, 2.24) is 4.57 Å². The first-order chi connectivity index (χ1) is 10.8. The van der Waals surface area contributed by atoms with Crippen molar-refractivity contribution in [2.75, 3.05) is 0 Å². The van der Waals surface area contributed by atoms with Crippen molar-refractivity contribution in [2.45, 2.75) is 32.6 Å². The van der Waals surface area contributed by atoms with Gasteiger partial charge in [-0.2, -0.15) is 0 Å². The summed E-state index contributed by atoms with van der Waals surface area (Å²) in [4.78, 5) is 12.9. The minimum atomic E-state index is 0.0632. The molecule has 22 heavy (non-hydrogen) atoms. The highest BCUT2D eigenvalue weighted by Gasteiger charge is 2.16. The van der Waals surface area contributed by atoms with Gasteiger partial charge in [-0.3, -0.25) is 9.36 Å². The molecule has 1 heterocycles. The predicted molar refractivity (Wildman–Crippen MR) is 91.3 cm³/mol. The van der Waals surface area contributed by atoms with Gasteiger partial charge in [-0.1, -0.05) is 56.2 Å². The normalized spacial score (nSPS) is 11.0. The lowest BCUT2D eigenvalue weighted by atomic mass is 10.1. The smallest absolute Gasteiger partial charge is 0.262 e. The number of rotatable bonds is 5. The van der Waals surface area contributed by atoms with Gasteiger partial charge in [0.15, 0.2) is 0 Å². The summed E-state index contributed by atoms with van der Waals surface area (Å²) < 4.78 is 1.89. The van der Waals surface area contributed by atoms with Crippen LogP contribution in [-0.4, -0.2) is 10.5 Å². The lowest BCUT2D eigenvalue weighted by Crippen LogP contribution is -2.14. The average molecular weight is 291 g/mol. The maximum absolute atomic E-state index is 12.9. The molecule has 0 saturated heterocycles. The van der Waals surface area contributed by atoms with E-state index in [1.54, 1.807) is 0 Å². The van der Waals surface area contributed by atoms with E-state index in [1.807, 2.05) is 53.1 Å². The maximum Gasteiger partial charge on any atom is 0.262 e. The summed E-state index contributed by atoms with van der Waals surface area (Å²) in [7, 11) is 0. The monoisotopic (exact) mass is 291 g/mol. The molecule has 0 aliphatic heterocycles. The number of benzene rings is 2. The summed E-state index contributed by atoms with van der Waals surface area (Å²) in [5.41, 5.74) is 2.85. The Morgan fingerprint density at radius 2 is 1.68 bits per heavy atom. The van der Waals surface area contributed by atoms with Gasteiger partial charge >= 0.3 is 0 Å². The van der Waals surface area contributed by atoms with E-state index in [9.17, 15) is 4.79 Å². The van der Waals surface area contributed by atoms with Crippen LogP contribution in [0.1, 0.15) is 42.2 Å². The van der Waals surface area contributed by atoms with E-state index in [1.165, 1.54) is 12.8 Å². The van der Waals surface area contributed by atoms with E-state index < -0.39 is 0 Å². The van der Waals surface area contributed by atoms with Crippen molar-refractivity contribution in [3.8, 4) is 0 Å². The van der Waals surface area contributed by atoms with E-state index >= 15 is 0 Å². The highest BCUT2D eigenvalue weighted by Crippen LogP contribution is 2.23. The van der Waals surface area contributed by atoms with Crippen LogP contribution in [0.5, 0.6) is 0 Å². The fraction of sp³-hybridized carbons (Fsp3) is 0.250. The van der Waals surface area contributed by atoms with Gasteiger partial charge in [0.2, 0.25) is 0 Å². The summed E-state index contributed by atoms with van der Waals surface area (Å²) in [5, 5.41) is 1.14. The van der Waals surface area contributed by atoms with Gasteiger partial charge in [0.25, 0.3) is 5.91 Å². The van der Waals surface area contributed by atoms with Gasteiger partial charge in [0.1, 0.15) is 0 Å². The van der Waals surface area contributed by atoms with Crippen LogP contribution in [0.2, 0.25) is 0 Å². The molecule has 0 aliphatic carbocycles. The largest absolute Gasteiger partial charge is 0.280 e. The second-order valence-electron chi connectivity index (χ2n) is 5.66. The van der Waals surface area contributed by atoms with E-state index in [0.29, 0.717) is 0 Å². The molecule has 112 valence electrons. The van der Waals surface area contributed by atoms with Crippen molar-refractivity contribution < 1.29 is 4.79 Å². The zero-order chi connectivity index (χ0) is 15.4. The number of unbranched alkanes of at least 4 members (excludes halogenated alkanes) is 2. The third-order valence-corrected chi connectivity index (χ3v) is 4.05. The second kappa shape index (κ2) is 6.61. The lowest BCUT2D eigenvalue weighted by molar-refractivity contribution is 0.0962. The summed E-state index contributed by atoms with van der Waals surface area (Å²) in [6, 6.07) is 19.8. The van der Waals surface area contributed by atoms with Gasteiger partial charge in [-0.25, -0.2) is 0 Å². The van der Waals surface area contributed by atoms with Gasteiger partial charge in [-0.15, -0.1) is 0 Å². The maximum atomic E-state index is 12.9. The highest BCUT2D eigenvalue weighted by atomic mass is 16.2. The molecule has 2 aromatic carbocycles. The Balaban J connectivity index is 2.05. The highest BCUT2D eigenvalue weighted by molar-refractivity contribution is 6.02. The minimum absolute atomic E-state index is 0.0632. The van der Waals surface area contributed by atoms with Crippen molar-refractivity contribution in [2.24, 2.45) is 0 Å². The van der Waals surface area contributed by atoms with Crippen LogP contribution >= 0.6 is 0 Å². The Labute approximate surface area is 131 Å². The van der Waals surface area contributed by atoms with E-state index in [-0.39, 0.29) is 5.91 Å². The van der Waals surface area contributed by atoms with E-state index in [0.717, 1.165) is 35.0 Å². The van der Waals surface area contributed by atoms with Crippen LogP contribution in [0.25, 0.3) is 10.9 Å². The minimum Gasteiger partial charge on any atom is -0.280 e. The molecule has 0 unspecified atom stereocenters. The third-order valence-electron chi connectivity index (χ3n) is 4.05. The number of hydrogen-bond donors (Lipinski definition) is 0. The Bertz CT molecular complexity index is 771. The van der Waals surface area contributed by atoms with Gasteiger partial charge in [0, 0.05) is 16.6 Å². The number of hydrogen-bond acceptors (Lipinski definition) is 1. The molecule has 0 radical (unpaired) electrons. The topological polar surface area (TPSA) is 22.0 Å². The van der Waals surface area contributed by atoms with Crippen molar-refractivity contribution in [3.05, 3.63) is 71.9 Å². The van der Waals surface area contributed by atoms with Gasteiger partial charge in [0.05, 0.1) is 5.52 Å². The molecule has 0 amide bonds. The van der Waals surface area contributed by atoms with E-state index in [2.05, 4.69) is 19.1 Å². The molecule has 0 saturated carbocycles. The Hall–Kier alpha value is -2.35. The van der Waals surface area contributed by atoms with E-state index in [4.69, 9.17) is 0 Å². The molecule has 3 rings (SSSR count). The number of aromatic nitrogens is 1. The molecular weight excluding hydrogens is 270 g/mol. The number of fused-ring (bicyclic) bond motifs is 1. The average Bonchev–Trinajstić information content (AvgIpc) is 2.93. The predicted octanol–water partition coefficient (Wildman–Crippen LogP) is 5.06. The summed E-state index contributed by atoms with van der Waals surface area (Å²) in [5.74, 6) is 0.0632. The second-order valence-corrected chi connectivity index (χ2v) is 5.66. The SMILES string of the molecule is CCCCCc1cc2ccccc2n1C(=O)c1ccccc1. The molecular formula is C20H21NO. The van der Waals surface area contributed by atoms with Gasteiger partial charge in [-0.05, 0) is 37.1 Å². The van der Waals surface area contributed by atoms with Crippen LogP contribution in [0.3, 0.4) is 0 Å². The number of para-hydroxylation sites is 1. The molecule has 0 aliphatic rings. The molecule has 0 atom stereocenters. The summed E-state index contributed by atoms with van der Waals surface area (Å²) >= 11 is 0. The molecule has 2 nitrogen and oxygen atoms in total. The van der Waals surface area contributed by atoms with Crippen LogP contribution in [0, 0.1) is 0 Å². The summed E-state index contributed by atoms with van der Waals surface area (Å²) in [6.07, 6.45) is 4.45. The standard InChI is InChI=1S/C20H21NO/c1-2-3-5-13-18-15-17-12-8-9-14-19(17)21(18)20(22)16-10-6-4-7-11-16/h4,6-12,14-15H,2-3,5,13H2,1H3. The van der Waals surface area contributed by atoms with Crippen LogP contribution in [-0.2, 0) is 6.42 Å². The molecule has 3 aromatic rings. The van der Waals surface area contributed by atoms with Crippen LogP contribution in [0.4, 0.5) is 0 Å². The zero-order valence-electron chi connectivity index (χ0n) is 13.0. The third kappa shape index (κ3) is 2.82. The number of carbonyl (C=O) groups excluding carboxylic acids is 1. The fourth-order valence-electron chi connectivity index (χ4n) is 2.90. The quantitative estimate of drug-likeness (QED) is 0.602. The molecule has 0 bridgehead atoms. The Morgan fingerprint density at radius 1 is 0.955 bits per heavy atom. The Kier molecular flexibility index (Phi) is 4.38. The van der Waals surface area contributed by atoms with Crippen molar-refractivity contribution >= 4 is 16.8 Å². The van der Waals surface area contributed by atoms with Crippen molar-refractivity contribution in [3.63, 3.8) is 0 Å². The van der Waals surface area contributed by atoms with Gasteiger partial charge < -0.3 is 0 Å². The molecule has 2 heteroatoms.